The number of carbonyl (C=O) groups excluding carboxylic acids is 1. The summed E-state index contributed by atoms with van der Waals surface area (Å²) in [5.41, 5.74) is 1.25. The average molecular weight is 364 g/mol. The molecule has 3 rings (SSSR count). The first-order valence-electron chi connectivity index (χ1n) is 9.05. The molecule has 0 aliphatic carbocycles. The van der Waals surface area contributed by atoms with Crippen LogP contribution in [0.5, 0.6) is 5.75 Å². The molecule has 1 fully saturated rings. The predicted molar refractivity (Wildman–Crippen MR) is 109 cm³/mol. The third-order valence-electron chi connectivity index (χ3n) is 5.29. The molecular weight excluding hydrogens is 339 g/mol. The second-order valence-corrected chi connectivity index (χ2v) is 7.62. The molecular formula is C22H25BO4. The molecule has 1 aliphatic heterocycles. The molecule has 0 bridgehead atoms. The maximum Gasteiger partial charge on any atom is 0.495 e. The lowest BCUT2D eigenvalue weighted by atomic mass is 9.75. The molecule has 0 atom stereocenters. The van der Waals surface area contributed by atoms with Crippen molar-refractivity contribution in [2.24, 2.45) is 0 Å². The molecule has 27 heavy (non-hydrogen) atoms. The van der Waals surface area contributed by atoms with Gasteiger partial charge >= 0.3 is 7.12 Å². The zero-order valence-corrected chi connectivity index (χ0v) is 16.5. The van der Waals surface area contributed by atoms with Crippen LogP contribution in [-0.4, -0.2) is 31.2 Å². The van der Waals surface area contributed by atoms with E-state index in [0.717, 1.165) is 16.8 Å². The van der Waals surface area contributed by atoms with Crippen LogP contribution in [0.3, 0.4) is 0 Å². The lowest BCUT2D eigenvalue weighted by Gasteiger charge is -2.32. The second-order valence-electron chi connectivity index (χ2n) is 7.62. The van der Waals surface area contributed by atoms with Gasteiger partial charge in [-0.3, -0.25) is 4.79 Å². The average Bonchev–Trinajstić information content (AvgIpc) is 2.87. The van der Waals surface area contributed by atoms with Crippen LogP contribution < -0.4 is 10.2 Å². The van der Waals surface area contributed by atoms with Crippen molar-refractivity contribution in [3.05, 3.63) is 65.7 Å². The van der Waals surface area contributed by atoms with Crippen LogP contribution in [0.25, 0.3) is 6.08 Å². The van der Waals surface area contributed by atoms with E-state index in [1.807, 2.05) is 70.2 Å². The van der Waals surface area contributed by atoms with E-state index < -0.39 is 18.3 Å². The number of rotatable bonds is 5. The zero-order valence-electron chi connectivity index (χ0n) is 16.5. The number of methoxy groups -OCH3 is 1. The third kappa shape index (κ3) is 3.85. The van der Waals surface area contributed by atoms with Crippen LogP contribution in [-0.2, 0) is 9.31 Å². The van der Waals surface area contributed by atoms with Gasteiger partial charge in [-0.1, -0.05) is 42.5 Å². The standard InChI is InChI=1S/C22H25BO4/c1-21(2)22(3,4)27-23(26-21)18-12-8-7-11-17(18)19(24)15-14-16-10-6-9-13-20(16)25-5/h6-15H,1-5H3/b15-14+. The summed E-state index contributed by atoms with van der Waals surface area (Å²) in [5.74, 6) is 0.618. The minimum absolute atomic E-state index is 0.105. The number of ketones is 1. The monoisotopic (exact) mass is 364 g/mol. The van der Waals surface area contributed by atoms with Gasteiger partial charge in [-0.15, -0.1) is 0 Å². The number of allylic oxidation sites excluding steroid dienone is 1. The summed E-state index contributed by atoms with van der Waals surface area (Å²) >= 11 is 0. The van der Waals surface area contributed by atoms with Crippen molar-refractivity contribution < 1.29 is 18.8 Å². The summed E-state index contributed by atoms with van der Waals surface area (Å²) in [6, 6.07) is 15.0. The number of hydrogen-bond acceptors (Lipinski definition) is 4. The highest BCUT2D eigenvalue weighted by Crippen LogP contribution is 2.36. The highest BCUT2D eigenvalue weighted by atomic mass is 16.7. The lowest BCUT2D eigenvalue weighted by Crippen LogP contribution is -2.41. The van der Waals surface area contributed by atoms with Crippen LogP contribution in [0.1, 0.15) is 43.6 Å². The Morgan fingerprint density at radius 1 is 0.963 bits per heavy atom. The van der Waals surface area contributed by atoms with Crippen molar-refractivity contribution in [1.82, 2.24) is 0 Å². The van der Waals surface area contributed by atoms with Gasteiger partial charge in [0.15, 0.2) is 5.78 Å². The van der Waals surface area contributed by atoms with Crippen molar-refractivity contribution >= 4 is 24.4 Å². The number of ether oxygens (including phenoxy) is 1. The Hall–Kier alpha value is -2.37. The fourth-order valence-electron chi connectivity index (χ4n) is 2.96. The molecule has 1 heterocycles. The largest absolute Gasteiger partial charge is 0.496 e. The molecule has 0 spiro atoms. The highest BCUT2D eigenvalue weighted by Gasteiger charge is 2.52. The fraction of sp³-hybridized carbons (Fsp3) is 0.318. The van der Waals surface area contributed by atoms with Crippen molar-refractivity contribution in [1.29, 1.82) is 0 Å². The molecule has 0 unspecified atom stereocenters. The van der Waals surface area contributed by atoms with Crippen LogP contribution in [0.2, 0.25) is 0 Å². The van der Waals surface area contributed by atoms with Gasteiger partial charge in [-0.2, -0.15) is 0 Å². The van der Waals surface area contributed by atoms with Gasteiger partial charge in [-0.25, -0.2) is 0 Å². The molecule has 140 valence electrons. The Bertz CT molecular complexity index is 854. The molecule has 4 nitrogen and oxygen atoms in total. The summed E-state index contributed by atoms with van der Waals surface area (Å²) in [7, 11) is 1.04. The Morgan fingerprint density at radius 2 is 1.56 bits per heavy atom. The Balaban J connectivity index is 1.88. The van der Waals surface area contributed by atoms with Crippen LogP contribution in [0.15, 0.2) is 54.6 Å². The van der Waals surface area contributed by atoms with Crippen molar-refractivity contribution in [3.8, 4) is 5.75 Å². The van der Waals surface area contributed by atoms with E-state index in [2.05, 4.69) is 0 Å². The Labute approximate surface area is 161 Å². The fourth-order valence-corrected chi connectivity index (χ4v) is 2.96. The molecule has 0 N–H and O–H groups in total. The molecule has 1 aliphatic rings. The van der Waals surface area contributed by atoms with Gasteiger partial charge < -0.3 is 14.0 Å². The minimum atomic E-state index is -0.574. The number of hydrogen-bond donors (Lipinski definition) is 0. The zero-order chi connectivity index (χ0) is 19.7. The lowest BCUT2D eigenvalue weighted by molar-refractivity contribution is 0.00578. The van der Waals surface area contributed by atoms with Crippen molar-refractivity contribution in [2.45, 2.75) is 38.9 Å². The van der Waals surface area contributed by atoms with E-state index in [1.54, 1.807) is 25.3 Å². The first-order valence-corrected chi connectivity index (χ1v) is 9.05. The summed E-state index contributed by atoms with van der Waals surface area (Å²) in [6.45, 7) is 8.00. The van der Waals surface area contributed by atoms with Crippen molar-refractivity contribution in [3.63, 3.8) is 0 Å². The molecule has 0 aromatic heterocycles. The van der Waals surface area contributed by atoms with Gasteiger partial charge in [0.25, 0.3) is 0 Å². The van der Waals surface area contributed by atoms with E-state index in [9.17, 15) is 4.79 Å². The van der Waals surface area contributed by atoms with E-state index in [-0.39, 0.29) is 5.78 Å². The maximum atomic E-state index is 12.9. The highest BCUT2D eigenvalue weighted by molar-refractivity contribution is 6.63. The quantitative estimate of drug-likeness (QED) is 0.459. The van der Waals surface area contributed by atoms with Gasteiger partial charge in [0.1, 0.15) is 5.75 Å². The first-order chi connectivity index (χ1) is 12.7. The Kier molecular flexibility index (Phi) is 5.27. The van der Waals surface area contributed by atoms with Gasteiger partial charge in [0.2, 0.25) is 0 Å². The minimum Gasteiger partial charge on any atom is -0.496 e. The summed E-state index contributed by atoms with van der Waals surface area (Å²) in [5, 5.41) is 0. The summed E-state index contributed by atoms with van der Waals surface area (Å²) in [4.78, 5) is 12.9. The van der Waals surface area contributed by atoms with E-state index in [0.29, 0.717) is 5.56 Å². The second kappa shape index (κ2) is 7.33. The number of carbonyl (C=O) groups is 1. The van der Waals surface area contributed by atoms with Crippen LogP contribution in [0, 0.1) is 0 Å². The predicted octanol–water partition coefficient (Wildman–Crippen LogP) is 3.89. The van der Waals surface area contributed by atoms with Crippen molar-refractivity contribution in [2.75, 3.05) is 7.11 Å². The Morgan fingerprint density at radius 3 is 2.22 bits per heavy atom. The molecule has 0 amide bonds. The molecule has 2 aromatic rings. The van der Waals surface area contributed by atoms with Gasteiger partial charge in [-0.05, 0) is 51.4 Å². The molecule has 5 heteroatoms. The van der Waals surface area contributed by atoms with E-state index in [4.69, 9.17) is 14.0 Å². The molecule has 0 saturated carbocycles. The van der Waals surface area contributed by atoms with E-state index in [1.165, 1.54) is 0 Å². The topological polar surface area (TPSA) is 44.8 Å². The van der Waals surface area contributed by atoms with Crippen LogP contribution in [0.4, 0.5) is 0 Å². The third-order valence-corrected chi connectivity index (χ3v) is 5.29. The smallest absolute Gasteiger partial charge is 0.495 e. The normalized spacial score (nSPS) is 18.0. The SMILES string of the molecule is COc1ccccc1/C=C/C(=O)c1ccccc1B1OC(C)(C)C(C)(C)O1. The summed E-state index contributed by atoms with van der Waals surface area (Å²) < 4.78 is 17.6. The van der Waals surface area contributed by atoms with Crippen LogP contribution >= 0.6 is 0 Å². The maximum absolute atomic E-state index is 12.9. The number of para-hydroxylation sites is 1. The first kappa shape index (κ1) is 19.4. The van der Waals surface area contributed by atoms with E-state index >= 15 is 0 Å². The summed E-state index contributed by atoms with van der Waals surface area (Å²) in [6.07, 6.45) is 3.32. The molecule has 2 aromatic carbocycles. The van der Waals surface area contributed by atoms with Gasteiger partial charge in [0, 0.05) is 11.1 Å². The molecule has 0 radical (unpaired) electrons. The molecule has 1 saturated heterocycles. The number of benzene rings is 2. The van der Waals surface area contributed by atoms with Gasteiger partial charge in [0.05, 0.1) is 18.3 Å².